The molecule has 0 aliphatic carbocycles. The van der Waals surface area contributed by atoms with E-state index in [1.165, 1.54) is 43.3 Å². The van der Waals surface area contributed by atoms with Crippen LogP contribution in [0.1, 0.15) is 24.2 Å². The summed E-state index contributed by atoms with van der Waals surface area (Å²) in [5.41, 5.74) is -0.581. The van der Waals surface area contributed by atoms with E-state index in [0.29, 0.717) is 10.6 Å². The van der Waals surface area contributed by atoms with Crippen molar-refractivity contribution in [2.75, 3.05) is 13.2 Å². The predicted molar refractivity (Wildman–Crippen MR) is 93.9 cm³/mol. The van der Waals surface area contributed by atoms with E-state index in [4.69, 9.17) is 21.1 Å². The van der Waals surface area contributed by atoms with Crippen molar-refractivity contribution in [3.8, 4) is 5.75 Å². The number of benzene rings is 2. The Morgan fingerprint density at radius 1 is 1.04 bits per heavy atom. The Bertz CT molecular complexity index is 821. The van der Waals surface area contributed by atoms with E-state index < -0.39 is 29.8 Å². The maximum atomic E-state index is 12.9. The van der Waals surface area contributed by atoms with Crippen LogP contribution in [0.25, 0.3) is 0 Å². The molecule has 5 nitrogen and oxygen atoms in total. The minimum atomic E-state index is -4.56. The van der Waals surface area contributed by atoms with Gasteiger partial charge in [0.1, 0.15) is 19.0 Å². The molecule has 0 aromatic heterocycles. The molecule has 0 spiro atoms. The van der Waals surface area contributed by atoms with E-state index in [9.17, 15) is 22.8 Å². The van der Waals surface area contributed by atoms with E-state index >= 15 is 0 Å². The number of ether oxygens (including phenoxy) is 3. The number of rotatable bonds is 7. The normalized spacial score (nSPS) is 12.2. The summed E-state index contributed by atoms with van der Waals surface area (Å²) in [5.74, 6) is -1.55. The first kappa shape index (κ1) is 21.6. The first-order chi connectivity index (χ1) is 13.2. The molecular formula is C19H16ClF3O5. The third kappa shape index (κ3) is 6.45. The molecular weight excluding hydrogens is 401 g/mol. The Morgan fingerprint density at radius 2 is 1.68 bits per heavy atom. The van der Waals surface area contributed by atoms with Gasteiger partial charge in [-0.05, 0) is 30.3 Å². The van der Waals surface area contributed by atoms with Crippen molar-refractivity contribution in [2.24, 2.45) is 0 Å². The van der Waals surface area contributed by atoms with Crippen LogP contribution in [0.2, 0.25) is 5.02 Å². The molecule has 0 aliphatic rings. The van der Waals surface area contributed by atoms with Gasteiger partial charge in [0, 0.05) is 17.5 Å². The number of hydrogen-bond acceptors (Lipinski definition) is 5. The Hall–Kier alpha value is -2.74. The highest BCUT2D eigenvalue weighted by molar-refractivity contribution is 6.30. The lowest BCUT2D eigenvalue weighted by molar-refractivity contribution is -0.157. The van der Waals surface area contributed by atoms with Crippen molar-refractivity contribution >= 4 is 23.5 Å². The third-order valence-corrected chi connectivity index (χ3v) is 3.69. The van der Waals surface area contributed by atoms with E-state index in [1.807, 2.05) is 0 Å². The fraction of sp³-hybridized carbons (Fsp3) is 0.263. The number of esters is 2. The Balaban J connectivity index is 2.20. The summed E-state index contributed by atoms with van der Waals surface area (Å²) in [6.45, 7) is 0.821. The topological polar surface area (TPSA) is 61.8 Å². The van der Waals surface area contributed by atoms with Crippen molar-refractivity contribution in [1.82, 2.24) is 0 Å². The van der Waals surface area contributed by atoms with Crippen molar-refractivity contribution < 1.29 is 37.0 Å². The Kier molecular flexibility index (Phi) is 7.28. The average Bonchev–Trinajstić information content (AvgIpc) is 2.63. The molecule has 2 aromatic carbocycles. The quantitative estimate of drug-likeness (QED) is 0.488. The van der Waals surface area contributed by atoms with E-state index in [2.05, 4.69) is 4.74 Å². The molecule has 0 aliphatic heterocycles. The molecule has 0 saturated carbocycles. The van der Waals surface area contributed by atoms with E-state index in [-0.39, 0.29) is 19.0 Å². The van der Waals surface area contributed by atoms with Crippen molar-refractivity contribution in [1.29, 1.82) is 0 Å². The van der Waals surface area contributed by atoms with E-state index in [0.717, 1.165) is 12.1 Å². The molecule has 2 aromatic rings. The lowest BCUT2D eigenvalue weighted by Gasteiger charge is -2.19. The molecule has 0 N–H and O–H groups in total. The molecule has 1 unspecified atom stereocenters. The standard InChI is InChI=1S/C19H16ClF3O5/c1-12(24)26-9-10-27-18(25)17(13-5-7-15(20)8-6-13)28-16-4-2-3-14(11-16)19(21,22)23/h2-8,11,17H,9-10H2,1H3. The van der Waals surface area contributed by atoms with Gasteiger partial charge in [0.2, 0.25) is 6.10 Å². The van der Waals surface area contributed by atoms with Gasteiger partial charge in [-0.2, -0.15) is 13.2 Å². The van der Waals surface area contributed by atoms with E-state index in [1.54, 1.807) is 0 Å². The number of carbonyl (C=O) groups is 2. The number of alkyl halides is 3. The zero-order chi connectivity index (χ0) is 20.7. The molecule has 2 rings (SSSR count). The maximum Gasteiger partial charge on any atom is 0.416 e. The summed E-state index contributed by atoms with van der Waals surface area (Å²) in [7, 11) is 0. The van der Waals surface area contributed by atoms with Gasteiger partial charge in [-0.15, -0.1) is 0 Å². The molecule has 0 heterocycles. The largest absolute Gasteiger partial charge is 0.474 e. The molecule has 150 valence electrons. The average molecular weight is 417 g/mol. The Morgan fingerprint density at radius 3 is 2.29 bits per heavy atom. The fourth-order valence-corrected chi connectivity index (χ4v) is 2.30. The first-order valence-corrected chi connectivity index (χ1v) is 8.44. The zero-order valence-electron chi connectivity index (χ0n) is 14.7. The number of hydrogen-bond donors (Lipinski definition) is 0. The van der Waals surface area contributed by atoms with Crippen molar-refractivity contribution in [3.05, 3.63) is 64.7 Å². The van der Waals surface area contributed by atoms with Crippen LogP contribution < -0.4 is 4.74 Å². The lowest BCUT2D eigenvalue weighted by Crippen LogP contribution is -2.23. The summed E-state index contributed by atoms with van der Waals surface area (Å²) in [4.78, 5) is 23.2. The molecule has 0 saturated heterocycles. The van der Waals surface area contributed by atoms with Crippen molar-refractivity contribution in [2.45, 2.75) is 19.2 Å². The second-order valence-corrected chi connectivity index (χ2v) is 6.02. The van der Waals surface area contributed by atoms with Gasteiger partial charge >= 0.3 is 18.1 Å². The van der Waals surface area contributed by atoms with Gasteiger partial charge in [0.15, 0.2) is 0 Å². The number of halogens is 4. The van der Waals surface area contributed by atoms with Crippen molar-refractivity contribution in [3.63, 3.8) is 0 Å². The molecule has 1 atom stereocenters. The summed E-state index contributed by atoms with van der Waals surface area (Å²) in [6, 6.07) is 10.1. The van der Waals surface area contributed by atoms with Crippen LogP contribution in [0, 0.1) is 0 Å². The van der Waals surface area contributed by atoms with Crippen LogP contribution in [0.3, 0.4) is 0 Å². The highest BCUT2D eigenvalue weighted by atomic mass is 35.5. The van der Waals surface area contributed by atoms with Gasteiger partial charge in [0.05, 0.1) is 5.56 Å². The summed E-state index contributed by atoms with van der Waals surface area (Å²) in [5, 5.41) is 0.407. The smallest absolute Gasteiger partial charge is 0.416 e. The van der Waals surface area contributed by atoms with Crippen LogP contribution >= 0.6 is 11.6 Å². The second kappa shape index (κ2) is 9.45. The maximum absolute atomic E-state index is 12.9. The molecule has 0 radical (unpaired) electrons. The SMILES string of the molecule is CC(=O)OCCOC(=O)C(Oc1cccc(C(F)(F)F)c1)c1ccc(Cl)cc1. The van der Waals surface area contributed by atoms with Gasteiger partial charge in [-0.1, -0.05) is 29.8 Å². The fourth-order valence-electron chi connectivity index (χ4n) is 2.17. The lowest BCUT2D eigenvalue weighted by atomic mass is 10.1. The summed E-state index contributed by atoms with van der Waals surface area (Å²) < 4.78 is 53.9. The van der Waals surface area contributed by atoms with Crippen LogP contribution in [-0.4, -0.2) is 25.2 Å². The van der Waals surface area contributed by atoms with Gasteiger partial charge < -0.3 is 14.2 Å². The predicted octanol–water partition coefficient (Wildman–Crippen LogP) is 4.59. The Labute approximate surface area is 164 Å². The molecule has 0 amide bonds. The highest BCUT2D eigenvalue weighted by Crippen LogP contribution is 2.33. The van der Waals surface area contributed by atoms with Gasteiger partial charge in [0.25, 0.3) is 0 Å². The molecule has 0 bridgehead atoms. The molecule has 9 heteroatoms. The highest BCUT2D eigenvalue weighted by Gasteiger charge is 2.31. The minimum absolute atomic E-state index is 0.155. The summed E-state index contributed by atoms with van der Waals surface area (Å²) >= 11 is 5.83. The minimum Gasteiger partial charge on any atom is -0.474 e. The number of carbonyl (C=O) groups excluding carboxylic acids is 2. The zero-order valence-corrected chi connectivity index (χ0v) is 15.4. The van der Waals surface area contributed by atoms with Crippen LogP contribution in [0.4, 0.5) is 13.2 Å². The van der Waals surface area contributed by atoms with Crippen LogP contribution in [0.5, 0.6) is 5.75 Å². The van der Waals surface area contributed by atoms with Crippen LogP contribution in [0.15, 0.2) is 48.5 Å². The van der Waals surface area contributed by atoms with Crippen LogP contribution in [-0.2, 0) is 25.2 Å². The first-order valence-electron chi connectivity index (χ1n) is 8.06. The summed E-state index contributed by atoms with van der Waals surface area (Å²) in [6.07, 6.45) is -5.89. The molecule has 0 fully saturated rings. The van der Waals surface area contributed by atoms with Gasteiger partial charge in [-0.3, -0.25) is 4.79 Å². The molecule has 28 heavy (non-hydrogen) atoms. The monoisotopic (exact) mass is 416 g/mol. The van der Waals surface area contributed by atoms with Gasteiger partial charge in [-0.25, -0.2) is 4.79 Å². The second-order valence-electron chi connectivity index (χ2n) is 5.58. The third-order valence-electron chi connectivity index (χ3n) is 3.44.